The van der Waals surface area contributed by atoms with Crippen molar-refractivity contribution >= 4 is 29.7 Å². The second-order valence-electron chi connectivity index (χ2n) is 5.20. The Morgan fingerprint density at radius 1 is 1.45 bits per heavy atom. The molecule has 1 fully saturated rings. The maximum atomic E-state index is 12.4. The molecule has 4 nitrogen and oxygen atoms in total. The summed E-state index contributed by atoms with van der Waals surface area (Å²) >= 11 is 0.963. The summed E-state index contributed by atoms with van der Waals surface area (Å²) in [5.74, 6) is 0.120. The summed E-state index contributed by atoms with van der Waals surface area (Å²) in [6.07, 6.45) is -1.29. The fourth-order valence-corrected chi connectivity index (χ4v) is 3.45. The zero-order chi connectivity index (χ0) is 15.5. The van der Waals surface area contributed by atoms with Crippen molar-refractivity contribution in [3.05, 3.63) is 16.1 Å². The van der Waals surface area contributed by atoms with Crippen molar-refractivity contribution in [2.45, 2.75) is 31.9 Å². The number of halogens is 4. The quantitative estimate of drug-likeness (QED) is 0.851. The Morgan fingerprint density at radius 3 is 2.77 bits per heavy atom. The predicted octanol–water partition coefficient (Wildman–Crippen LogP) is 2.62. The highest BCUT2D eigenvalue weighted by Crippen LogP contribution is 2.31. The molecular formula is C13H19ClF3N3OS. The first-order chi connectivity index (χ1) is 9.91. The number of rotatable bonds is 5. The first-order valence-corrected chi connectivity index (χ1v) is 7.79. The SMILES string of the molecule is Cl.NC[C@H]1CCC[C@H]1C(=O)NCCc1nc(C(F)(F)F)cs1. The molecule has 0 aliphatic heterocycles. The minimum Gasteiger partial charge on any atom is -0.355 e. The molecule has 1 aliphatic carbocycles. The molecule has 1 amide bonds. The Bertz CT molecular complexity index is 495. The minimum absolute atomic E-state index is 0. The first-order valence-electron chi connectivity index (χ1n) is 6.91. The van der Waals surface area contributed by atoms with E-state index in [0.29, 0.717) is 24.5 Å². The number of nitrogens with two attached hydrogens (primary N) is 1. The lowest BCUT2D eigenvalue weighted by molar-refractivity contribution is -0.140. The third-order valence-electron chi connectivity index (χ3n) is 3.78. The van der Waals surface area contributed by atoms with E-state index in [9.17, 15) is 18.0 Å². The zero-order valence-corrected chi connectivity index (χ0v) is 13.5. The zero-order valence-electron chi connectivity index (χ0n) is 11.9. The fraction of sp³-hybridized carbons (Fsp3) is 0.692. The molecule has 3 N–H and O–H groups in total. The topological polar surface area (TPSA) is 68.0 Å². The number of hydrogen-bond donors (Lipinski definition) is 2. The first kappa shape index (κ1) is 19.2. The Kier molecular flexibility index (Phi) is 7.08. The monoisotopic (exact) mass is 357 g/mol. The van der Waals surface area contributed by atoms with Gasteiger partial charge in [-0.25, -0.2) is 4.98 Å². The molecule has 0 spiro atoms. The van der Waals surface area contributed by atoms with Crippen LogP contribution in [0.5, 0.6) is 0 Å². The molecule has 0 saturated heterocycles. The van der Waals surface area contributed by atoms with E-state index in [-0.39, 0.29) is 30.2 Å². The van der Waals surface area contributed by atoms with Crippen LogP contribution in [0.4, 0.5) is 13.2 Å². The van der Waals surface area contributed by atoms with Gasteiger partial charge in [-0.05, 0) is 25.3 Å². The Balaban J connectivity index is 0.00000242. The molecular weight excluding hydrogens is 339 g/mol. The van der Waals surface area contributed by atoms with Crippen molar-refractivity contribution in [1.29, 1.82) is 0 Å². The highest BCUT2D eigenvalue weighted by Gasteiger charge is 2.34. The molecule has 22 heavy (non-hydrogen) atoms. The highest BCUT2D eigenvalue weighted by molar-refractivity contribution is 7.09. The smallest absolute Gasteiger partial charge is 0.355 e. The minimum atomic E-state index is -4.41. The van der Waals surface area contributed by atoms with E-state index in [4.69, 9.17) is 5.73 Å². The molecule has 0 unspecified atom stereocenters. The average molecular weight is 358 g/mol. The third-order valence-corrected chi connectivity index (χ3v) is 4.69. The van der Waals surface area contributed by atoms with Crippen LogP contribution in [0.15, 0.2) is 5.38 Å². The van der Waals surface area contributed by atoms with Crippen molar-refractivity contribution < 1.29 is 18.0 Å². The van der Waals surface area contributed by atoms with E-state index in [1.807, 2.05) is 0 Å². The molecule has 1 saturated carbocycles. The van der Waals surface area contributed by atoms with E-state index in [1.165, 1.54) is 0 Å². The summed E-state index contributed by atoms with van der Waals surface area (Å²) in [6.45, 7) is 0.803. The van der Waals surface area contributed by atoms with Gasteiger partial charge in [0.05, 0.1) is 5.01 Å². The van der Waals surface area contributed by atoms with Crippen LogP contribution >= 0.6 is 23.7 Å². The van der Waals surface area contributed by atoms with E-state index >= 15 is 0 Å². The maximum Gasteiger partial charge on any atom is 0.434 e. The van der Waals surface area contributed by atoms with Crippen LogP contribution in [-0.4, -0.2) is 24.0 Å². The number of nitrogens with one attached hydrogen (secondary N) is 1. The van der Waals surface area contributed by atoms with Gasteiger partial charge in [0.25, 0.3) is 0 Å². The van der Waals surface area contributed by atoms with E-state index in [2.05, 4.69) is 10.3 Å². The molecule has 0 radical (unpaired) electrons. The van der Waals surface area contributed by atoms with Gasteiger partial charge < -0.3 is 11.1 Å². The number of aromatic nitrogens is 1. The third kappa shape index (κ3) is 4.82. The second-order valence-corrected chi connectivity index (χ2v) is 6.14. The molecule has 1 aromatic heterocycles. The van der Waals surface area contributed by atoms with Crippen LogP contribution in [0.1, 0.15) is 30.0 Å². The summed E-state index contributed by atoms with van der Waals surface area (Å²) in [5.41, 5.74) is 4.76. The highest BCUT2D eigenvalue weighted by atomic mass is 35.5. The normalized spacial score (nSPS) is 21.5. The largest absolute Gasteiger partial charge is 0.434 e. The van der Waals surface area contributed by atoms with Gasteiger partial charge in [0.1, 0.15) is 0 Å². The number of amides is 1. The molecule has 2 rings (SSSR count). The van der Waals surface area contributed by atoms with Gasteiger partial charge in [-0.3, -0.25) is 4.79 Å². The summed E-state index contributed by atoms with van der Waals surface area (Å²) in [7, 11) is 0. The van der Waals surface area contributed by atoms with Crippen LogP contribution < -0.4 is 11.1 Å². The molecule has 1 aliphatic rings. The van der Waals surface area contributed by atoms with Crippen LogP contribution in [0, 0.1) is 11.8 Å². The lowest BCUT2D eigenvalue weighted by Gasteiger charge is -2.17. The second kappa shape index (κ2) is 8.12. The Morgan fingerprint density at radius 2 is 2.18 bits per heavy atom. The van der Waals surface area contributed by atoms with Gasteiger partial charge >= 0.3 is 6.18 Å². The van der Waals surface area contributed by atoms with Gasteiger partial charge in [0, 0.05) is 24.3 Å². The number of carbonyl (C=O) groups excluding carboxylic acids is 1. The number of hydrogen-bond acceptors (Lipinski definition) is 4. The van der Waals surface area contributed by atoms with Crippen LogP contribution in [0.2, 0.25) is 0 Å². The lowest BCUT2D eigenvalue weighted by atomic mass is 9.95. The van der Waals surface area contributed by atoms with Crippen molar-refractivity contribution in [2.75, 3.05) is 13.1 Å². The number of nitrogens with zero attached hydrogens (tertiary/aromatic N) is 1. The Labute approximate surface area is 137 Å². The maximum absolute atomic E-state index is 12.4. The summed E-state index contributed by atoms with van der Waals surface area (Å²) in [5, 5.41) is 4.15. The number of thiazole rings is 1. The summed E-state index contributed by atoms with van der Waals surface area (Å²) < 4.78 is 37.2. The molecule has 0 bridgehead atoms. The van der Waals surface area contributed by atoms with Crippen LogP contribution in [0.25, 0.3) is 0 Å². The summed E-state index contributed by atoms with van der Waals surface area (Å²) in [4.78, 5) is 15.5. The molecule has 2 atom stereocenters. The van der Waals surface area contributed by atoms with Crippen molar-refractivity contribution in [1.82, 2.24) is 10.3 Å². The van der Waals surface area contributed by atoms with Gasteiger partial charge in [0.2, 0.25) is 5.91 Å². The number of carbonyl (C=O) groups is 1. The van der Waals surface area contributed by atoms with Gasteiger partial charge in [-0.15, -0.1) is 23.7 Å². The van der Waals surface area contributed by atoms with E-state index in [1.54, 1.807) is 0 Å². The van der Waals surface area contributed by atoms with Crippen LogP contribution in [-0.2, 0) is 17.4 Å². The summed E-state index contributed by atoms with van der Waals surface area (Å²) in [6, 6.07) is 0. The van der Waals surface area contributed by atoms with Crippen molar-refractivity contribution in [3.63, 3.8) is 0 Å². The number of alkyl halides is 3. The molecule has 126 valence electrons. The van der Waals surface area contributed by atoms with Gasteiger partial charge in [-0.2, -0.15) is 13.2 Å². The lowest BCUT2D eigenvalue weighted by Crippen LogP contribution is -2.36. The van der Waals surface area contributed by atoms with E-state index in [0.717, 1.165) is 36.0 Å². The van der Waals surface area contributed by atoms with Crippen molar-refractivity contribution in [3.8, 4) is 0 Å². The predicted molar refractivity (Wildman–Crippen MR) is 81.0 cm³/mol. The van der Waals surface area contributed by atoms with E-state index < -0.39 is 11.9 Å². The fourth-order valence-electron chi connectivity index (χ4n) is 2.64. The van der Waals surface area contributed by atoms with Crippen molar-refractivity contribution in [2.24, 2.45) is 17.6 Å². The standard InChI is InChI=1S/C13H18F3N3OS.ClH/c14-13(15,16)10-7-21-11(19-10)4-5-18-12(20)9-3-1-2-8(9)6-17;/h7-9H,1-6,17H2,(H,18,20);1H/t8-,9-;/m1./s1. The molecule has 1 aromatic rings. The van der Waals surface area contributed by atoms with Gasteiger partial charge in [-0.1, -0.05) is 6.42 Å². The van der Waals surface area contributed by atoms with Crippen LogP contribution in [0.3, 0.4) is 0 Å². The Hall–Kier alpha value is -0.860. The molecule has 1 heterocycles. The molecule has 9 heteroatoms. The average Bonchev–Trinajstić information content (AvgIpc) is 3.06. The van der Waals surface area contributed by atoms with Gasteiger partial charge in [0.15, 0.2) is 5.69 Å². The molecule has 0 aromatic carbocycles.